The average Bonchev–Trinajstić information content (AvgIpc) is 2.45. The van der Waals surface area contributed by atoms with Crippen molar-refractivity contribution in [3.63, 3.8) is 0 Å². The second-order valence-electron chi connectivity index (χ2n) is 5.36. The highest BCUT2D eigenvalue weighted by atomic mass is 35.5. The molecule has 0 saturated carbocycles. The third-order valence-corrected chi connectivity index (χ3v) is 3.57. The summed E-state index contributed by atoms with van der Waals surface area (Å²) in [6.07, 6.45) is -0.0704. The maximum atomic E-state index is 12.1. The number of amides is 1. The third-order valence-electron chi connectivity index (χ3n) is 3.33. The Morgan fingerprint density at radius 1 is 1.36 bits per heavy atom. The van der Waals surface area contributed by atoms with E-state index in [2.05, 4.69) is 0 Å². The van der Waals surface area contributed by atoms with Crippen molar-refractivity contribution in [2.75, 3.05) is 25.4 Å². The summed E-state index contributed by atoms with van der Waals surface area (Å²) in [6.45, 7) is 4.44. The first kappa shape index (κ1) is 16.6. The van der Waals surface area contributed by atoms with E-state index in [-0.39, 0.29) is 36.0 Å². The zero-order valence-electron chi connectivity index (χ0n) is 12.5. The molecule has 0 aliphatic carbocycles. The summed E-state index contributed by atoms with van der Waals surface area (Å²) in [5.41, 5.74) is 6.12. The molecule has 22 heavy (non-hydrogen) atoms. The van der Waals surface area contributed by atoms with Gasteiger partial charge in [0.2, 0.25) is 0 Å². The molecule has 6 nitrogen and oxygen atoms in total. The van der Waals surface area contributed by atoms with Gasteiger partial charge in [0.05, 0.1) is 17.8 Å². The van der Waals surface area contributed by atoms with Crippen LogP contribution >= 0.6 is 11.6 Å². The van der Waals surface area contributed by atoms with Gasteiger partial charge in [0.25, 0.3) is 5.91 Å². The first-order valence-corrected chi connectivity index (χ1v) is 7.40. The second-order valence-corrected chi connectivity index (χ2v) is 5.80. The maximum Gasteiger partial charge on any atom is 0.340 e. The zero-order valence-corrected chi connectivity index (χ0v) is 13.3. The number of carbonyl (C=O) groups excluding carboxylic acids is 2. The van der Waals surface area contributed by atoms with E-state index in [0.29, 0.717) is 18.1 Å². The van der Waals surface area contributed by atoms with E-state index in [0.717, 1.165) is 0 Å². The number of ether oxygens (including phenoxy) is 2. The highest BCUT2D eigenvalue weighted by Crippen LogP contribution is 2.19. The monoisotopic (exact) mass is 326 g/mol. The smallest absolute Gasteiger partial charge is 0.340 e. The molecule has 0 aromatic heterocycles. The highest BCUT2D eigenvalue weighted by molar-refractivity contribution is 6.31. The lowest BCUT2D eigenvalue weighted by molar-refractivity contribution is -0.146. The highest BCUT2D eigenvalue weighted by Gasteiger charge is 2.26. The van der Waals surface area contributed by atoms with Crippen LogP contribution in [-0.4, -0.2) is 48.7 Å². The lowest BCUT2D eigenvalue weighted by Gasteiger charge is -2.35. The largest absolute Gasteiger partial charge is 0.452 e. The van der Waals surface area contributed by atoms with Crippen molar-refractivity contribution < 1.29 is 19.1 Å². The molecule has 2 atom stereocenters. The summed E-state index contributed by atoms with van der Waals surface area (Å²) in [5.74, 6) is -0.918. The Morgan fingerprint density at radius 2 is 2.00 bits per heavy atom. The van der Waals surface area contributed by atoms with E-state index in [1.54, 1.807) is 11.0 Å². The fourth-order valence-electron chi connectivity index (χ4n) is 2.38. The predicted octanol–water partition coefficient (Wildman–Crippen LogP) is 1.71. The van der Waals surface area contributed by atoms with Crippen LogP contribution in [0.5, 0.6) is 0 Å². The molecule has 1 aromatic rings. The van der Waals surface area contributed by atoms with Crippen molar-refractivity contribution in [2.24, 2.45) is 0 Å². The van der Waals surface area contributed by atoms with Crippen LogP contribution in [0, 0.1) is 0 Å². The number of rotatable bonds is 3. The quantitative estimate of drug-likeness (QED) is 0.675. The fraction of sp³-hybridized carbons (Fsp3) is 0.467. The summed E-state index contributed by atoms with van der Waals surface area (Å²) in [7, 11) is 0. The first-order chi connectivity index (χ1) is 10.4. The molecule has 1 aliphatic rings. The lowest BCUT2D eigenvalue weighted by atomic mass is 10.2. The van der Waals surface area contributed by atoms with Crippen LogP contribution in [0.2, 0.25) is 5.02 Å². The Balaban J connectivity index is 1.93. The molecule has 0 radical (unpaired) electrons. The Labute approximate surface area is 134 Å². The molecule has 2 rings (SSSR count). The van der Waals surface area contributed by atoms with E-state index in [4.69, 9.17) is 26.8 Å². The van der Waals surface area contributed by atoms with Crippen LogP contribution in [0.3, 0.4) is 0 Å². The SMILES string of the molecule is C[C@@H]1CN(C(=O)COC(=O)c2cc(Cl)ccc2N)C[C@@H](C)O1. The molecule has 0 spiro atoms. The van der Waals surface area contributed by atoms with Crippen LogP contribution in [0.15, 0.2) is 18.2 Å². The second kappa shape index (κ2) is 6.98. The van der Waals surface area contributed by atoms with E-state index in [1.807, 2.05) is 13.8 Å². The number of anilines is 1. The zero-order chi connectivity index (χ0) is 16.3. The Kier molecular flexibility index (Phi) is 5.26. The maximum absolute atomic E-state index is 12.1. The molecular weight excluding hydrogens is 308 g/mol. The van der Waals surface area contributed by atoms with Crippen molar-refractivity contribution >= 4 is 29.2 Å². The first-order valence-electron chi connectivity index (χ1n) is 7.02. The number of hydrogen-bond acceptors (Lipinski definition) is 5. The number of morpholine rings is 1. The molecule has 1 heterocycles. The number of nitrogens with zero attached hydrogens (tertiary/aromatic N) is 1. The third kappa shape index (κ3) is 4.11. The van der Waals surface area contributed by atoms with E-state index in [9.17, 15) is 9.59 Å². The fourth-order valence-corrected chi connectivity index (χ4v) is 2.56. The summed E-state index contributed by atoms with van der Waals surface area (Å²) in [6, 6.07) is 4.52. The van der Waals surface area contributed by atoms with Gasteiger partial charge in [0.1, 0.15) is 0 Å². The van der Waals surface area contributed by atoms with Crippen molar-refractivity contribution in [3.05, 3.63) is 28.8 Å². The predicted molar refractivity (Wildman–Crippen MR) is 82.7 cm³/mol. The number of benzene rings is 1. The Bertz CT molecular complexity index is 569. The van der Waals surface area contributed by atoms with Gasteiger partial charge in [-0.25, -0.2) is 4.79 Å². The summed E-state index contributed by atoms with van der Waals surface area (Å²) in [5, 5.41) is 0.378. The number of esters is 1. The minimum Gasteiger partial charge on any atom is -0.452 e. The van der Waals surface area contributed by atoms with E-state index < -0.39 is 5.97 Å². The molecule has 0 unspecified atom stereocenters. The minimum atomic E-state index is -0.664. The number of carbonyl (C=O) groups is 2. The van der Waals surface area contributed by atoms with E-state index >= 15 is 0 Å². The molecule has 120 valence electrons. The molecular formula is C15H19ClN2O4. The number of halogens is 1. The molecule has 0 bridgehead atoms. The van der Waals surface area contributed by atoms with Crippen molar-refractivity contribution in [1.29, 1.82) is 0 Å². The standard InChI is InChI=1S/C15H19ClN2O4/c1-9-6-18(7-10(2)22-9)14(19)8-21-15(20)12-5-11(16)3-4-13(12)17/h3-5,9-10H,6-8,17H2,1-2H3/t9-,10-/m1/s1. The number of nitrogen functional groups attached to an aromatic ring is 1. The van der Waals surface area contributed by atoms with Gasteiger partial charge >= 0.3 is 5.97 Å². The Morgan fingerprint density at radius 3 is 2.64 bits per heavy atom. The van der Waals surface area contributed by atoms with Gasteiger partial charge in [0, 0.05) is 23.8 Å². The number of hydrogen-bond donors (Lipinski definition) is 1. The van der Waals surface area contributed by atoms with Crippen LogP contribution < -0.4 is 5.73 Å². The summed E-state index contributed by atoms with van der Waals surface area (Å²) in [4.78, 5) is 25.7. The van der Waals surface area contributed by atoms with Gasteiger partial charge in [-0.05, 0) is 32.0 Å². The van der Waals surface area contributed by atoms with Crippen LogP contribution in [-0.2, 0) is 14.3 Å². The summed E-state index contributed by atoms with van der Waals surface area (Å²) >= 11 is 5.83. The molecule has 1 aliphatic heterocycles. The van der Waals surface area contributed by atoms with Crippen LogP contribution in [0.1, 0.15) is 24.2 Å². The molecule has 7 heteroatoms. The van der Waals surface area contributed by atoms with Crippen LogP contribution in [0.25, 0.3) is 0 Å². The molecule has 1 amide bonds. The van der Waals surface area contributed by atoms with Crippen molar-refractivity contribution in [2.45, 2.75) is 26.1 Å². The normalized spacial score (nSPS) is 21.5. The summed E-state index contributed by atoms with van der Waals surface area (Å²) < 4.78 is 10.6. The minimum absolute atomic E-state index is 0.0352. The topological polar surface area (TPSA) is 81.9 Å². The van der Waals surface area contributed by atoms with Gasteiger partial charge in [-0.3, -0.25) is 4.79 Å². The van der Waals surface area contributed by atoms with Gasteiger partial charge in [0.15, 0.2) is 6.61 Å². The Hall–Kier alpha value is -1.79. The number of nitrogens with two attached hydrogens (primary N) is 1. The van der Waals surface area contributed by atoms with Crippen molar-refractivity contribution in [3.8, 4) is 0 Å². The van der Waals surface area contributed by atoms with Gasteiger partial charge in [-0.15, -0.1) is 0 Å². The van der Waals surface area contributed by atoms with Crippen molar-refractivity contribution in [1.82, 2.24) is 4.90 Å². The van der Waals surface area contributed by atoms with Gasteiger partial charge < -0.3 is 20.1 Å². The average molecular weight is 327 g/mol. The molecule has 1 fully saturated rings. The molecule has 2 N–H and O–H groups in total. The lowest BCUT2D eigenvalue weighted by Crippen LogP contribution is -2.49. The van der Waals surface area contributed by atoms with Gasteiger partial charge in [-0.2, -0.15) is 0 Å². The van der Waals surface area contributed by atoms with Gasteiger partial charge in [-0.1, -0.05) is 11.6 Å². The molecule has 1 saturated heterocycles. The molecule has 1 aromatic carbocycles. The van der Waals surface area contributed by atoms with Crippen LogP contribution in [0.4, 0.5) is 5.69 Å². The van der Waals surface area contributed by atoms with E-state index in [1.165, 1.54) is 12.1 Å².